The van der Waals surface area contributed by atoms with E-state index in [4.69, 9.17) is 0 Å². The number of aryl methyl sites for hydroxylation is 1. The monoisotopic (exact) mass is 221 g/mol. The fourth-order valence-electron chi connectivity index (χ4n) is 1.58. The zero-order valence-corrected chi connectivity index (χ0v) is 9.31. The van der Waals surface area contributed by atoms with Crippen LogP contribution in [0.15, 0.2) is 24.3 Å². The zero-order valence-electron chi connectivity index (χ0n) is 9.31. The number of ketones is 1. The number of rotatable bonds is 6. The first-order chi connectivity index (χ1) is 7.65. The average Bonchev–Trinajstić information content (AvgIpc) is 2.27. The molecular formula is C12H15NO3. The summed E-state index contributed by atoms with van der Waals surface area (Å²) < 4.78 is 0. The first-order valence-electron chi connectivity index (χ1n) is 5.39. The van der Waals surface area contributed by atoms with Crippen molar-refractivity contribution in [3.63, 3.8) is 0 Å². The number of carbonyl (C=O) groups excluding carboxylic acids is 1. The van der Waals surface area contributed by atoms with Gasteiger partial charge in [-0.25, -0.2) is 0 Å². The molecule has 0 aromatic heterocycles. The zero-order chi connectivity index (χ0) is 12.0. The molecule has 0 aliphatic carbocycles. The number of hydrogen-bond acceptors (Lipinski definition) is 3. The van der Waals surface area contributed by atoms with Gasteiger partial charge in [-0.05, 0) is 12.8 Å². The molecule has 0 saturated heterocycles. The molecule has 0 aliphatic rings. The van der Waals surface area contributed by atoms with Gasteiger partial charge in [-0.2, -0.15) is 0 Å². The lowest BCUT2D eigenvalue weighted by atomic mass is 10.0. The van der Waals surface area contributed by atoms with Gasteiger partial charge < -0.3 is 0 Å². The van der Waals surface area contributed by atoms with Gasteiger partial charge in [-0.3, -0.25) is 14.9 Å². The molecule has 86 valence electrons. The minimum absolute atomic E-state index is 0.104. The number of hydrogen-bond donors (Lipinski definition) is 0. The average molecular weight is 221 g/mol. The molecule has 4 heteroatoms. The summed E-state index contributed by atoms with van der Waals surface area (Å²) in [6.07, 6.45) is 2.23. The minimum Gasteiger partial charge on any atom is -0.300 e. The maximum atomic E-state index is 11.3. The van der Waals surface area contributed by atoms with Gasteiger partial charge in [-0.15, -0.1) is 0 Å². The van der Waals surface area contributed by atoms with Crippen LogP contribution in [0.1, 0.15) is 31.7 Å². The van der Waals surface area contributed by atoms with Gasteiger partial charge >= 0.3 is 0 Å². The summed E-state index contributed by atoms with van der Waals surface area (Å²) in [6.45, 7) is 1.95. The van der Waals surface area contributed by atoms with Crippen LogP contribution in [0.2, 0.25) is 0 Å². The SMILES string of the molecule is CCCC(=O)CCc1ccccc1[N+](=O)[O-]. The Labute approximate surface area is 94.4 Å². The smallest absolute Gasteiger partial charge is 0.272 e. The predicted molar refractivity (Wildman–Crippen MR) is 61.3 cm³/mol. The molecule has 0 unspecified atom stereocenters. The maximum Gasteiger partial charge on any atom is 0.272 e. The molecule has 0 atom stereocenters. The number of para-hydroxylation sites is 1. The van der Waals surface area contributed by atoms with Crippen LogP contribution >= 0.6 is 0 Å². The molecule has 0 N–H and O–H groups in total. The highest BCUT2D eigenvalue weighted by molar-refractivity contribution is 5.78. The van der Waals surface area contributed by atoms with Crippen LogP contribution in [-0.4, -0.2) is 10.7 Å². The molecule has 0 heterocycles. The highest BCUT2D eigenvalue weighted by Gasteiger charge is 2.12. The van der Waals surface area contributed by atoms with E-state index >= 15 is 0 Å². The van der Waals surface area contributed by atoms with Crippen LogP contribution in [0.5, 0.6) is 0 Å². The Balaban J connectivity index is 2.66. The van der Waals surface area contributed by atoms with E-state index < -0.39 is 4.92 Å². The highest BCUT2D eigenvalue weighted by atomic mass is 16.6. The lowest BCUT2D eigenvalue weighted by Gasteiger charge is -2.01. The minimum atomic E-state index is -0.403. The summed E-state index contributed by atoms with van der Waals surface area (Å²) in [5.41, 5.74) is 0.740. The second-order valence-electron chi connectivity index (χ2n) is 3.67. The molecule has 0 radical (unpaired) electrons. The summed E-state index contributed by atoms with van der Waals surface area (Å²) in [7, 11) is 0. The molecule has 1 rings (SSSR count). The van der Waals surface area contributed by atoms with Gasteiger partial charge in [0.05, 0.1) is 4.92 Å². The largest absolute Gasteiger partial charge is 0.300 e. The number of nitrogens with zero attached hydrogens (tertiary/aromatic N) is 1. The Hall–Kier alpha value is -1.71. The third-order valence-corrected chi connectivity index (χ3v) is 2.39. The van der Waals surface area contributed by atoms with Crippen LogP contribution in [0.25, 0.3) is 0 Å². The molecule has 0 amide bonds. The standard InChI is InChI=1S/C12H15NO3/c1-2-5-11(14)9-8-10-6-3-4-7-12(10)13(15)16/h3-4,6-7H,2,5,8-9H2,1H3. The fourth-order valence-corrected chi connectivity index (χ4v) is 1.58. The predicted octanol–water partition coefficient (Wildman–Crippen LogP) is 2.90. The van der Waals surface area contributed by atoms with E-state index in [1.54, 1.807) is 18.2 Å². The molecule has 1 aromatic rings. The van der Waals surface area contributed by atoms with E-state index in [1.165, 1.54) is 6.07 Å². The van der Waals surface area contributed by atoms with Crippen molar-refractivity contribution >= 4 is 11.5 Å². The summed E-state index contributed by atoms with van der Waals surface area (Å²) >= 11 is 0. The van der Waals surface area contributed by atoms with E-state index in [-0.39, 0.29) is 11.5 Å². The Kier molecular flexibility index (Phi) is 4.64. The molecular weight excluding hydrogens is 206 g/mol. The summed E-state index contributed by atoms with van der Waals surface area (Å²) in [6, 6.07) is 6.57. The lowest BCUT2D eigenvalue weighted by Crippen LogP contribution is -2.01. The van der Waals surface area contributed by atoms with Crippen molar-refractivity contribution < 1.29 is 9.72 Å². The van der Waals surface area contributed by atoms with E-state index in [0.717, 1.165) is 6.42 Å². The topological polar surface area (TPSA) is 60.2 Å². The first-order valence-corrected chi connectivity index (χ1v) is 5.39. The number of Topliss-reactive ketones (excluding diaryl/α,β-unsaturated/α-hetero) is 1. The second-order valence-corrected chi connectivity index (χ2v) is 3.67. The maximum absolute atomic E-state index is 11.3. The van der Waals surface area contributed by atoms with Crippen LogP contribution in [0.3, 0.4) is 0 Å². The van der Waals surface area contributed by atoms with Crippen LogP contribution in [-0.2, 0) is 11.2 Å². The number of nitro benzene ring substituents is 1. The highest BCUT2D eigenvalue weighted by Crippen LogP contribution is 2.19. The van der Waals surface area contributed by atoms with E-state index in [9.17, 15) is 14.9 Å². The quantitative estimate of drug-likeness (QED) is 0.548. The van der Waals surface area contributed by atoms with Gasteiger partial charge in [0.2, 0.25) is 0 Å². The number of carbonyl (C=O) groups is 1. The molecule has 16 heavy (non-hydrogen) atoms. The van der Waals surface area contributed by atoms with E-state index in [2.05, 4.69) is 0 Å². The molecule has 0 bridgehead atoms. The van der Waals surface area contributed by atoms with Gasteiger partial charge in [0, 0.05) is 24.5 Å². The lowest BCUT2D eigenvalue weighted by molar-refractivity contribution is -0.385. The molecule has 4 nitrogen and oxygen atoms in total. The Morgan fingerprint density at radius 2 is 2.00 bits per heavy atom. The van der Waals surface area contributed by atoms with Crippen molar-refractivity contribution in [3.8, 4) is 0 Å². The number of benzene rings is 1. The normalized spacial score (nSPS) is 10.1. The van der Waals surface area contributed by atoms with Crippen molar-refractivity contribution in [2.24, 2.45) is 0 Å². The molecule has 0 spiro atoms. The third kappa shape index (κ3) is 3.46. The van der Waals surface area contributed by atoms with Crippen molar-refractivity contribution in [2.75, 3.05) is 0 Å². The Morgan fingerprint density at radius 3 is 2.62 bits per heavy atom. The van der Waals surface area contributed by atoms with Crippen molar-refractivity contribution in [1.82, 2.24) is 0 Å². The summed E-state index contributed by atoms with van der Waals surface area (Å²) in [5.74, 6) is 0.167. The van der Waals surface area contributed by atoms with E-state index in [0.29, 0.717) is 24.8 Å². The number of nitro groups is 1. The third-order valence-electron chi connectivity index (χ3n) is 2.39. The van der Waals surface area contributed by atoms with Gasteiger partial charge in [0.1, 0.15) is 5.78 Å². The van der Waals surface area contributed by atoms with Crippen molar-refractivity contribution in [2.45, 2.75) is 32.6 Å². The van der Waals surface area contributed by atoms with Crippen molar-refractivity contribution in [1.29, 1.82) is 0 Å². The second kappa shape index (κ2) is 6.00. The Morgan fingerprint density at radius 1 is 1.31 bits per heavy atom. The molecule has 0 fully saturated rings. The fraction of sp³-hybridized carbons (Fsp3) is 0.417. The Bertz CT molecular complexity index is 388. The molecule has 0 saturated carbocycles. The molecule has 0 aliphatic heterocycles. The van der Waals surface area contributed by atoms with Crippen molar-refractivity contribution in [3.05, 3.63) is 39.9 Å². The van der Waals surface area contributed by atoms with Crippen LogP contribution in [0, 0.1) is 10.1 Å². The van der Waals surface area contributed by atoms with Gasteiger partial charge in [-0.1, -0.05) is 25.1 Å². The summed E-state index contributed by atoms with van der Waals surface area (Å²) in [4.78, 5) is 21.6. The van der Waals surface area contributed by atoms with Gasteiger partial charge in [0.15, 0.2) is 0 Å². The van der Waals surface area contributed by atoms with Crippen LogP contribution < -0.4 is 0 Å². The van der Waals surface area contributed by atoms with Crippen LogP contribution in [0.4, 0.5) is 5.69 Å². The van der Waals surface area contributed by atoms with E-state index in [1.807, 2.05) is 6.92 Å². The van der Waals surface area contributed by atoms with Gasteiger partial charge in [0.25, 0.3) is 5.69 Å². The summed E-state index contributed by atoms with van der Waals surface area (Å²) in [5, 5.41) is 10.7. The first kappa shape index (κ1) is 12.4. The molecule has 1 aromatic carbocycles.